The number of carbonyl (C=O) groups is 1. The van der Waals surface area contributed by atoms with Crippen LogP contribution in [-0.2, 0) is 12.2 Å². The van der Waals surface area contributed by atoms with Crippen LogP contribution >= 0.6 is 23.1 Å². The fraction of sp³-hybridized carbons (Fsp3) is 0.250. The maximum absolute atomic E-state index is 13.2. The highest BCUT2D eigenvalue weighted by Gasteiger charge is 2.26. The van der Waals surface area contributed by atoms with Crippen LogP contribution in [0.3, 0.4) is 0 Å². The van der Waals surface area contributed by atoms with Crippen LogP contribution in [0.2, 0.25) is 0 Å². The Balaban J connectivity index is 1.50. The molecule has 0 bridgehead atoms. The molecule has 4 heterocycles. The topological polar surface area (TPSA) is 52.5 Å². The van der Waals surface area contributed by atoms with E-state index in [4.69, 9.17) is 9.47 Å². The third-order valence-corrected chi connectivity index (χ3v) is 7.08. The lowest BCUT2D eigenvalue weighted by Gasteiger charge is -2.19. The van der Waals surface area contributed by atoms with E-state index in [-0.39, 0.29) is 5.91 Å². The highest BCUT2D eigenvalue weighted by molar-refractivity contribution is 7.98. The van der Waals surface area contributed by atoms with Crippen molar-refractivity contribution < 1.29 is 14.3 Å². The number of thiophene rings is 1. The van der Waals surface area contributed by atoms with Gasteiger partial charge in [0.05, 0.1) is 5.56 Å². The van der Waals surface area contributed by atoms with Crippen molar-refractivity contribution in [2.75, 3.05) is 24.3 Å². The Hall–Kier alpha value is -2.38. The van der Waals surface area contributed by atoms with E-state index in [2.05, 4.69) is 5.32 Å². The molecule has 0 unspecified atom stereocenters. The summed E-state index contributed by atoms with van der Waals surface area (Å²) in [6.07, 6.45) is 4.91. The molecule has 1 amide bonds. The average molecular weight is 399 g/mol. The molecule has 2 aliphatic rings. The number of amides is 1. The molecule has 0 atom stereocenters. The van der Waals surface area contributed by atoms with Gasteiger partial charge in [0.2, 0.25) is 0 Å². The van der Waals surface area contributed by atoms with Gasteiger partial charge in [0, 0.05) is 34.8 Å². The zero-order valence-electron chi connectivity index (χ0n) is 14.6. The fourth-order valence-electron chi connectivity index (χ4n) is 3.42. The molecule has 27 heavy (non-hydrogen) atoms. The zero-order valence-corrected chi connectivity index (χ0v) is 16.2. The molecule has 0 fully saturated rings. The lowest BCUT2D eigenvalue weighted by Crippen LogP contribution is -2.18. The van der Waals surface area contributed by atoms with Gasteiger partial charge in [-0.15, -0.1) is 11.3 Å². The first-order valence-corrected chi connectivity index (χ1v) is 10.8. The van der Waals surface area contributed by atoms with Crippen LogP contribution < -0.4 is 14.8 Å². The summed E-state index contributed by atoms with van der Waals surface area (Å²) in [5, 5.41) is 4.05. The number of fused-ring (bicyclic) bond motifs is 2. The van der Waals surface area contributed by atoms with Gasteiger partial charge in [-0.1, -0.05) is 0 Å². The van der Waals surface area contributed by atoms with Crippen LogP contribution in [-0.4, -0.2) is 29.4 Å². The Morgan fingerprint density at radius 3 is 2.78 bits per heavy atom. The number of anilines is 1. The molecular formula is C20H18N2O3S2. The third kappa shape index (κ3) is 3.11. The Morgan fingerprint density at radius 1 is 1.11 bits per heavy atom. The predicted octanol–water partition coefficient (Wildman–Crippen LogP) is 4.35. The second kappa shape index (κ2) is 6.98. The van der Waals surface area contributed by atoms with E-state index in [9.17, 15) is 4.79 Å². The minimum Gasteiger partial charge on any atom is -0.486 e. The SMILES string of the molecule is O=C(Nc1ccc2c(c1)OCCO2)c1c(-n2cccc2)sc2c1CCSC2. The Morgan fingerprint density at radius 2 is 1.93 bits per heavy atom. The summed E-state index contributed by atoms with van der Waals surface area (Å²) in [7, 11) is 0. The molecule has 0 saturated carbocycles. The van der Waals surface area contributed by atoms with Gasteiger partial charge in [0.15, 0.2) is 11.5 Å². The van der Waals surface area contributed by atoms with Crippen molar-refractivity contribution in [3.8, 4) is 16.5 Å². The maximum atomic E-state index is 13.2. The van der Waals surface area contributed by atoms with Gasteiger partial charge in [0.1, 0.15) is 18.2 Å². The van der Waals surface area contributed by atoms with Gasteiger partial charge < -0.3 is 19.4 Å². The quantitative estimate of drug-likeness (QED) is 0.713. The summed E-state index contributed by atoms with van der Waals surface area (Å²) in [6.45, 7) is 1.08. The number of hydrogen-bond acceptors (Lipinski definition) is 5. The standard InChI is InChI=1S/C20H18N2O3S2/c23-19(21-13-3-4-15-16(11-13)25-9-8-24-15)18-14-5-10-26-12-17(14)27-20(18)22-6-1-2-7-22/h1-4,6-7,11H,5,8-10,12H2,(H,21,23). The monoisotopic (exact) mass is 398 g/mol. The number of nitrogens with zero attached hydrogens (tertiary/aromatic N) is 1. The van der Waals surface area contributed by atoms with E-state index in [1.165, 1.54) is 10.4 Å². The predicted molar refractivity (Wildman–Crippen MR) is 109 cm³/mol. The molecule has 0 saturated heterocycles. The number of thioether (sulfide) groups is 1. The Labute approximate surface area is 165 Å². The molecule has 2 aliphatic heterocycles. The lowest BCUT2D eigenvalue weighted by molar-refractivity contribution is 0.102. The number of hydrogen-bond donors (Lipinski definition) is 1. The maximum Gasteiger partial charge on any atom is 0.258 e. The van der Waals surface area contributed by atoms with E-state index in [0.29, 0.717) is 24.7 Å². The number of aromatic nitrogens is 1. The van der Waals surface area contributed by atoms with Gasteiger partial charge in [0.25, 0.3) is 5.91 Å². The summed E-state index contributed by atoms with van der Waals surface area (Å²) in [5.41, 5.74) is 2.70. The first-order chi connectivity index (χ1) is 13.3. The summed E-state index contributed by atoms with van der Waals surface area (Å²) in [6, 6.07) is 9.49. The van der Waals surface area contributed by atoms with Crippen LogP contribution in [0.5, 0.6) is 11.5 Å². The van der Waals surface area contributed by atoms with Crippen LogP contribution in [0.1, 0.15) is 20.8 Å². The number of nitrogens with one attached hydrogen (secondary N) is 1. The van der Waals surface area contributed by atoms with Crippen LogP contribution in [0.25, 0.3) is 5.00 Å². The van der Waals surface area contributed by atoms with Crippen LogP contribution in [0.4, 0.5) is 5.69 Å². The van der Waals surface area contributed by atoms with Crippen molar-refractivity contribution in [1.29, 1.82) is 0 Å². The number of benzene rings is 1. The average Bonchev–Trinajstić information content (AvgIpc) is 3.35. The van der Waals surface area contributed by atoms with Gasteiger partial charge >= 0.3 is 0 Å². The van der Waals surface area contributed by atoms with E-state index in [1.54, 1.807) is 11.3 Å². The minimum absolute atomic E-state index is 0.0697. The van der Waals surface area contributed by atoms with Gasteiger partial charge in [-0.25, -0.2) is 0 Å². The second-order valence-corrected chi connectivity index (χ2v) is 8.58. The largest absolute Gasteiger partial charge is 0.486 e. The number of carbonyl (C=O) groups excluding carboxylic acids is 1. The Bertz CT molecular complexity index is 995. The van der Waals surface area contributed by atoms with Gasteiger partial charge in [-0.2, -0.15) is 11.8 Å². The van der Waals surface area contributed by atoms with Gasteiger partial charge in [-0.05, 0) is 42.0 Å². The highest BCUT2D eigenvalue weighted by atomic mass is 32.2. The summed E-state index contributed by atoms with van der Waals surface area (Å²) < 4.78 is 13.2. The van der Waals surface area contributed by atoms with E-state index >= 15 is 0 Å². The number of ether oxygens (including phenoxy) is 2. The highest BCUT2D eigenvalue weighted by Crippen LogP contribution is 2.39. The minimum atomic E-state index is -0.0697. The molecule has 5 nitrogen and oxygen atoms in total. The molecule has 1 N–H and O–H groups in total. The number of rotatable bonds is 3. The third-order valence-electron chi connectivity index (χ3n) is 4.67. The second-order valence-electron chi connectivity index (χ2n) is 6.39. The van der Waals surface area contributed by atoms with E-state index in [0.717, 1.165) is 34.2 Å². The smallest absolute Gasteiger partial charge is 0.258 e. The van der Waals surface area contributed by atoms with Crippen LogP contribution in [0, 0.1) is 0 Å². The molecule has 5 rings (SSSR count). The van der Waals surface area contributed by atoms with Crippen molar-refractivity contribution in [2.45, 2.75) is 12.2 Å². The summed E-state index contributed by atoms with van der Waals surface area (Å²) in [4.78, 5) is 14.5. The van der Waals surface area contributed by atoms with E-state index in [1.807, 2.05) is 59.1 Å². The van der Waals surface area contributed by atoms with Crippen molar-refractivity contribution in [3.05, 3.63) is 58.7 Å². The fourth-order valence-corrected chi connectivity index (χ4v) is 5.86. The van der Waals surface area contributed by atoms with Crippen molar-refractivity contribution >= 4 is 34.7 Å². The Kier molecular flexibility index (Phi) is 4.33. The molecule has 2 aromatic heterocycles. The molecule has 0 aliphatic carbocycles. The molecular weight excluding hydrogens is 380 g/mol. The molecule has 0 spiro atoms. The van der Waals surface area contributed by atoms with Crippen molar-refractivity contribution in [3.63, 3.8) is 0 Å². The van der Waals surface area contributed by atoms with Crippen molar-refractivity contribution in [1.82, 2.24) is 4.57 Å². The first kappa shape index (κ1) is 16.8. The molecule has 138 valence electrons. The molecule has 0 radical (unpaired) electrons. The van der Waals surface area contributed by atoms with E-state index < -0.39 is 0 Å². The molecule has 3 aromatic rings. The lowest BCUT2D eigenvalue weighted by atomic mass is 10.1. The van der Waals surface area contributed by atoms with Crippen LogP contribution in [0.15, 0.2) is 42.7 Å². The molecule has 1 aromatic carbocycles. The summed E-state index contributed by atoms with van der Waals surface area (Å²) >= 11 is 3.65. The summed E-state index contributed by atoms with van der Waals surface area (Å²) in [5.74, 6) is 3.36. The zero-order chi connectivity index (χ0) is 18.2. The normalized spacial score (nSPS) is 15.3. The first-order valence-electron chi connectivity index (χ1n) is 8.86. The van der Waals surface area contributed by atoms with Crippen molar-refractivity contribution in [2.24, 2.45) is 0 Å². The molecule has 7 heteroatoms. The van der Waals surface area contributed by atoms with Gasteiger partial charge in [-0.3, -0.25) is 4.79 Å².